The van der Waals surface area contributed by atoms with Gasteiger partial charge in [0.2, 0.25) is 0 Å². The van der Waals surface area contributed by atoms with Crippen LogP contribution in [0.2, 0.25) is 0 Å². The first-order valence-electron chi connectivity index (χ1n) is 7.08. The summed E-state index contributed by atoms with van der Waals surface area (Å²) in [6.45, 7) is 5.40. The highest BCUT2D eigenvalue weighted by atomic mass is 14.9. The summed E-state index contributed by atoms with van der Waals surface area (Å²) in [4.78, 5) is 0. The van der Waals surface area contributed by atoms with Crippen molar-refractivity contribution < 1.29 is 0 Å². The molecule has 1 unspecified atom stereocenters. The van der Waals surface area contributed by atoms with E-state index < -0.39 is 0 Å². The molecule has 0 saturated heterocycles. The number of benzene rings is 2. The lowest BCUT2D eigenvalue weighted by atomic mass is 10.0. The maximum absolute atomic E-state index is 3.69. The van der Waals surface area contributed by atoms with Gasteiger partial charge in [0, 0.05) is 12.6 Å². The van der Waals surface area contributed by atoms with Crippen LogP contribution in [0, 0.1) is 13.8 Å². The topological polar surface area (TPSA) is 12.0 Å². The van der Waals surface area contributed by atoms with Gasteiger partial charge in [-0.25, -0.2) is 0 Å². The van der Waals surface area contributed by atoms with Crippen molar-refractivity contribution in [2.45, 2.75) is 39.3 Å². The lowest BCUT2D eigenvalue weighted by Crippen LogP contribution is -2.28. The molecule has 19 heavy (non-hydrogen) atoms. The van der Waals surface area contributed by atoms with Gasteiger partial charge in [0.05, 0.1) is 0 Å². The number of rotatable bonds is 3. The van der Waals surface area contributed by atoms with Crippen molar-refractivity contribution in [3.8, 4) is 0 Å². The third kappa shape index (κ3) is 2.71. The Morgan fingerprint density at radius 2 is 1.84 bits per heavy atom. The fourth-order valence-electron chi connectivity index (χ4n) is 3.15. The highest BCUT2D eigenvalue weighted by Crippen LogP contribution is 2.26. The Morgan fingerprint density at radius 1 is 1.05 bits per heavy atom. The molecule has 0 spiro atoms. The zero-order chi connectivity index (χ0) is 13.2. The summed E-state index contributed by atoms with van der Waals surface area (Å²) in [5.74, 6) is 0. The van der Waals surface area contributed by atoms with Crippen LogP contribution in [0.3, 0.4) is 0 Å². The Morgan fingerprint density at radius 3 is 2.63 bits per heavy atom. The van der Waals surface area contributed by atoms with Crippen molar-refractivity contribution in [3.05, 3.63) is 70.3 Å². The number of fused-ring (bicyclic) bond motifs is 1. The van der Waals surface area contributed by atoms with Crippen molar-refractivity contribution in [3.63, 3.8) is 0 Å². The van der Waals surface area contributed by atoms with Crippen LogP contribution in [0.5, 0.6) is 0 Å². The van der Waals surface area contributed by atoms with E-state index in [1.807, 2.05) is 0 Å². The van der Waals surface area contributed by atoms with Crippen LogP contribution in [-0.2, 0) is 19.4 Å². The van der Waals surface area contributed by atoms with Crippen molar-refractivity contribution in [2.24, 2.45) is 0 Å². The summed E-state index contributed by atoms with van der Waals surface area (Å²) >= 11 is 0. The summed E-state index contributed by atoms with van der Waals surface area (Å²) in [6, 6.07) is 15.9. The van der Waals surface area contributed by atoms with E-state index in [4.69, 9.17) is 0 Å². The Hall–Kier alpha value is -1.60. The standard InChI is InChI=1S/C18H21N/c1-13-8-14(2)18-11-17(10-16(18)9-13)19-12-15-6-4-3-5-7-15/h3-9,17,19H,10-12H2,1-2H3. The van der Waals surface area contributed by atoms with Gasteiger partial charge in [0.15, 0.2) is 0 Å². The molecule has 1 nitrogen and oxygen atoms in total. The van der Waals surface area contributed by atoms with Gasteiger partial charge in [-0.1, -0.05) is 48.0 Å². The van der Waals surface area contributed by atoms with Crippen LogP contribution in [0.25, 0.3) is 0 Å². The van der Waals surface area contributed by atoms with Crippen LogP contribution in [0.1, 0.15) is 27.8 Å². The Balaban J connectivity index is 1.66. The largest absolute Gasteiger partial charge is 0.309 e. The summed E-state index contributed by atoms with van der Waals surface area (Å²) in [6.07, 6.45) is 2.35. The average molecular weight is 251 g/mol. The third-order valence-electron chi connectivity index (χ3n) is 4.06. The van der Waals surface area contributed by atoms with Gasteiger partial charge in [-0.2, -0.15) is 0 Å². The molecule has 2 aromatic carbocycles. The van der Waals surface area contributed by atoms with Crippen LogP contribution in [0.4, 0.5) is 0 Å². The normalized spacial score (nSPS) is 17.5. The molecule has 0 saturated carbocycles. The molecule has 1 heteroatoms. The Labute approximate surface area is 115 Å². The lowest BCUT2D eigenvalue weighted by molar-refractivity contribution is 0.532. The van der Waals surface area contributed by atoms with E-state index in [2.05, 4.69) is 61.6 Å². The predicted octanol–water partition coefficient (Wildman–Crippen LogP) is 3.56. The molecule has 0 fully saturated rings. The summed E-state index contributed by atoms with van der Waals surface area (Å²) in [5.41, 5.74) is 7.32. The third-order valence-corrected chi connectivity index (χ3v) is 4.06. The van der Waals surface area contributed by atoms with E-state index in [-0.39, 0.29) is 0 Å². The number of hydrogen-bond donors (Lipinski definition) is 1. The lowest BCUT2D eigenvalue weighted by Gasteiger charge is -2.11. The van der Waals surface area contributed by atoms with E-state index in [1.165, 1.54) is 29.5 Å². The van der Waals surface area contributed by atoms with E-state index in [0.29, 0.717) is 6.04 Å². The Kier molecular flexibility index (Phi) is 3.39. The quantitative estimate of drug-likeness (QED) is 0.879. The average Bonchev–Trinajstić information content (AvgIpc) is 2.81. The first kappa shape index (κ1) is 12.4. The van der Waals surface area contributed by atoms with Crippen molar-refractivity contribution in [2.75, 3.05) is 0 Å². The van der Waals surface area contributed by atoms with Crippen molar-refractivity contribution in [1.82, 2.24) is 5.32 Å². The second kappa shape index (κ2) is 5.18. The predicted molar refractivity (Wildman–Crippen MR) is 80.4 cm³/mol. The van der Waals surface area contributed by atoms with Crippen LogP contribution in [0.15, 0.2) is 42.5 Å². The number of aryl methyl sites for hydroxylation is 2. The monoisotopic (exact) mass is 251 g/mol. The highest BCUT2D eigenvalue weighted by molar-refractivity contribution is 5.42. The van der Waals surface area contributed by atoms with Gasteiger partial charge in [-0.3, -0.25) is 0 Å². The molecule has 0 amide bonds. The van der Waals surface area contributed by atoms with Gasteiger partial charge >= 0.3 is 0 Å². The molecule has 0 bridgehead atoms. The van der Waals surface area contributed by atoms with E-state index >= 15 is 0 Å². The minimum Gasteiger partial charge on any atom is -0.309 e. The molecule has 2 aromatic rings. The molecular formula is C18H21N. The molecule has 3 rings (SSSR count). The molecule has 0 radical (unpaired) electrons. The van der Waals surface area contributed by atoms with Gasteiger partial charge < -0.3 is 5.32 Å². The van der Waals surface area contributed by atoms with Crippen molar-refractivity contribution in [1.29, 1.82) is 0 Å². The minimum atomic E-state index is 0.593. The van der Waals surface area contributed by atoms with Gasteiger partial charge in [-0.15, -0.1) is 0 Å². The highest BCUT2D eigenvalue weighted by Gasteiger charge is 2.22. The van der Waals surface area contributed by atoms with Crippen molar-refractivity contribution >= 4 is 0 Å². The first-order chi connectivity index (χ1) is 9.22. The fourth-order valence-corrected chi connectivity index (χ4v) is 3.15. The van der Waals surface area contributed by atoms with E-state index in [1.54, 1.807) is 11.1 Å². The molecule has 1 aliphatic carbocycles. The molecular weight excluding hydrogens is 230 g/mol. The first-order valence-corrected chi connectivity index (χ1v) is 7.08. The number of hydrogen-bond acceptors (Lipinski definition) is 1. The molecule has 0 aliphatic heterocycles. The second-order valence-corrected chi connectivity index (χ2v) is 5.69. The number of nitrogens with one attached hydrogen (secondary N) is 1. The SMILES string of the molecule is Cc1cc(C)c2c(c1)CC(NCc1ccccc1)C2. The molecule has 98 valence electrons. The van der Waals surface area contributed by atoms with Gasteiger partial charge in [0.25, 0.3) is 0 Å². The molecule has 0 heterocycles. The fraction of sp³-hybridized carbons (Fsp3) is 0.333. The van der Waals surface area contributed by atoms with E-state index in [0.717, 1.165) is 6.54 Å². The van der Waals surface area contributed by atoms with Gasteiger partial charge in [0.1, 0.15) is 0 Å². The van der Waals surface area contributed by atoms with Crippen LogP contribution < -0.4 is 5.32 Å². The van der Waals surface area contributed by atoms with Gasteiger partial charge in [-0.05, 0) is 48.9 Å². The maximum Gasteiger partial charge on any atom is 0.0208 e. The van der Waals surface area contributed by atoms with Crippen LogP contribution in [-0.4, -0.2) is 6.04 Å². The smallest absolute Gasteiger partial charge is 0.0208 e. The molecule has 1 N–H and O–H groups in total. The summed E-state index contributed by atoms with van der Waals surface area (Å²) in [7, 11) is 0. The zero-order valence-electron chi connectivity index (χ0n) is 11.7. The van der Waals surface area contributed by atoms with E-state index in [9.17, 15) is 0 Å². The summed E-state index contributed by atoms with van der Waals surface area (Å²) < 4.78 is 0. The summed E-state index contributed by atoms with van der Waals surface area (Å²) in [5, 5.41) is 3.69. The second-order valence-electron chi connectivity index (χ2n) is 5.69. The Bertz CT molecular complexity index is 572. The minimum absolute atomic E-state index is 0.593. The maximum atomic E-state index is 3.69. The molecule has 1 atom stereocenters. The van der Waals surface area contributed by atoms with Crippen LogP contribution >= 0.6 is 0 Å². The molecule has 0 aromatic heterocycles. The zero-order valence-corrected chi connectivity index (χ0v) is 11.7. The molecule has 1 aliphatic rings.